The summed E-state index contributed by atoms with van der Waals surface area (Å²) in [5.74, 6) is -0.158. The molecule has 0 aliphatic heterocycles. The number of hydrogen-bond donors (Lipinski definition) is 0. The van der Waals surface area contributed by atoms with E-state index < -0.39 is 8.32 Å². The van der Waals surface area contributed by atoms with Crippen LogP contribution in [-0.2, 0) is 14.0 Å². The van der Waals surface area contributed by atoms with Gasteiger partial charge in [-0.15, -0.1) is 0 Å². The van der Waals surface area contributed by atoms with Crippen molar-refractivity contribution in [2.75, 3.05) is 13.2 Å². The van der Waals surface area contributed by atoms with Crippen molar-refractivity contribution in [1.82, 2.24) is 0 Å². The van der Waals surface area contributed by atoms with Gasteiger partial charge in [0.25, 0.3) is 0 Å². The molecule has 0 aromatic rings. The monoisotopic (exact) mass is 190 g/mol. The van der Waals surface area contributed by atoms with Crippen LogP contribution in [0.2, 0.25) is 19.6 Å². The molecule has 3 nitrogen and oxygen atoms in total. The van der Waals surface area contributed by atoms with E-state index in [0.717, 1.165) is 0 Å². The highest BCUT2D eigenvalue weighted by atomic mass is 28.4. The van der Waals surface area contributed by atoms with Crippen LogP contribution in [0.3, 0.4) is 0 Å². The molecule has 0 rings (SSSR count). The third kappa shape index (κ3) is 7.75. The summed E-state index contributed by atoms with van der Waals surface area (Å²) in [6.45, 7) is 9.01. The molecule has 4 heteroatoms. The Kier molecular flexibility index (Phi) is 5.16. The quantitative estimate of drug-likeness (QED) is 0.377. The molecular formula is C8H18O3Si. The average molecular weight is 190 g/mol. The van der Waals surface area contributed by atoms with Gasteiger partial charge in [-0.25, -0.2) is 0 Å². The fourth-order valence-electron chi connectivity index (χ4n) is 0.605. The van der Waals surface area contributed by atoms with Gasteiger partial charge in [-0.2, -0.15) is 0 Å². The van der Waals surface area contributed by atoms with Crippen LogP contribution in [0.1, 0.15) is 13.3 Å². The van der Waals surface area contributed by atoms with Crippen molar-refractivity contribution in [3.8, 4) is 0 Å². The maximum atomic E-state index is 10.7. The minimum Gasteiger partial charge on any atom is -0.463 e. The first-order chi connectivity index (χ1) is 5.45. The van der Waals surface area contributed by atoms with Gasteiger partial charge >= 0.3 is 5.97 Å². The van der Waals surface area contributed by atoms with E-state index in [2.05, 4.69) is 19.6 Å². The fraction of sp³-hybridized carbons (Fsp3) is 0.875. The average Bonchev–Trinajstić information content (AvgIpc) is 1.96. The lowest BCUT2D eigenvalue weighted by Gasteiger charge is -2.16. The molecule has 0 aromatic heterocycles. The summed E-state index contributed by atoms with van der Waals surface area (Å²) < 4.78 is 10.3. The van der Waals surface area contributed by atoms with Crippen LogP contribution in [0.5, 0.6) is 0 Å². The zero-order chi connectivity index (χ0) is 9.61. The van der Waals surface area contributed by atoms with Gasteiger partial charge in [-0.1, -0.05) is 6.92 Å². The molecule has 0 aromatic carbocycles. The highest BCUT2D eigenvalue weighted by molar-refractivity contribution is 6.69. The molecule has 0 amide bonds. The molecule has 72 valence electrons. The van der Waals surface area contributed by atoms with Crippen molar-refractivity contribution in [3.63, 3.8) is 0 Å². The van der Waals surface area contributed by atoms with Crippen LogP contribution >= 0.6 is 0 Å². The Morgan fingerprint density at radius 3 is 2.25 bits per heavy atom. The fourth-order valence-corrected chi connectivity index (χ4v) is 1.30. The Labute approximate surface area is 75.2 Å². The lowest BCUT2D eigenvalue weighted by molar-refractivity contribution is -0.144. The Morgan fingerprint density at radius 1 is 1.25 bits per heavy atom. The summed E-state index contributed by atoms with van der Waals surface area (Å²) in [4.78, 5) is 10.7. The molecular weight excluding hydrogens is 172 g/mol. The van der Waals surface area contributed by atoms with Gasteiger partial charge in [0, 0.05) is 6.42 Å². The Hall–Kier alpha value is -0.353. The standard InChI is InChI=1S/C8H18O3Si/c1-5-8(9)10-6-7-11-12(2,3)4/h5-7H2,1-4H3. The first-order valence-corrected chi connectivity index (χ1v) is 7.66. The normalized spacial score (nSPS) is 11.3. The molecule has 0 aliphatic carbocycles. The summed E-state index contributed by atoms with van der Waals surface area (Å²) in [7, 11) is -1.43. The van der Waals surface area contributed by atoms with E-state index in [4.69, 9.17) is 9.16 Å². The van der Waals surface area contributed by atoms with E-state index in [1.807, 2.05) is 0 Å². The predicted molar refractivity (Wildman–Crippen MR) is 50.5 cm³/mol. The van der Waals surface area contributed by atoms with Crippen LogP contribution in [0.25, 0.3) is 0 Å². The highest BCUT2D eigenvalue weighted by Crippen LogP contribution is 2.01. The second-order valence-electron chi connectivity index (χ2n) is 3.53. The van der Waals surface area contributed by atoms with Crippen molar-refractivity contribution in [3.05, 3.63) is 0 Å². The van der Waals surface area contributed by atoms with Crippen LogP contribution < -0.4 is 0 Å². The molecule has 0 saturated carbocycles. The van der Waals surface area contributed by atoms with Gasteiger partial charge in [0.15, 0.2) is 8.32 Å². The summed E-state index contributed by atoms with van der Waals surface area (Å²) in [6.07, 6.45) is 0.437. The molecule has 0 N–H and O–H groups in total. The van der Waals surface area contributed by atoms with Crippen LogP contribution in [0.4, 0.5) is 0 Å². The Bertz CT molecular complexity index is 140. The minimum atomic E-state index is -1.43. The number of hydrogen-bond acceptors (Lipinski definition) is 3. The largest absolute Gasteiger partial charge is 0.463 e. The van der Waals surface area contributed by atoms with Gasteiger partial charge in [0.2, 0.25) is 0 Å². The van der Waals surface area contributed by atoms with Gasteiger partial charge in [0.05, 0.1) is 6.61 Å². The lowest BCUT2D eigenvalue weighted by atomic mass is 10.5. The van der Waals surface area contributed by atoms with E-state index >= 15 is 0 Å². The number of carbonyl (C=O) groups is 1. The van der Waals surface area contributed by atoms with Crippen molar-refractivity contribution < 1.29 is 14.0 Å². The molecule has 0 atom stereocenters. The van der Waals surface area contributed by atoms with E-state index in [-0.39, 0.29) is 5.97 Å². The third-order valence-electron chi connectivity index (χ3n) is 1.17. The molecule has 0 bridgehead atoms. The van der Waals surface area contributed by atoms with E-state index in [1.165, 1.54) is 0 Å². The second kappa shape index (κ2) is 5.32. The SMILES string of the molecule is CCC(=O)OCCO[Si](C)(C)C. The maximum Gasteiger partial charge on any atom is 0.305 e. The predicted octanol–water partition coefficient (Wildman–Crippen LogP) is 1.79. The van der Waals surface area contributed by atoms with Crippen molar-refractivity contribution in [2.24, 2.45) is 0 Å². The smallest absolute Gasteiger partial charge is 0.305 e. The summed E-state index contributed by atoms with van der Waals surface area (Å²) in [5.41, 5.74) is 0. The first kappa shape index (κ1) is 11.6. The lowest BCUT2D eigenvalue weighted by Crippen LogP contribution is -2.27. The van der Waals surface area contributed by atoms with Crippen LogP contribution in [-0.4, -0.2) is 27.5 Å². The number of carbonyl (C=O) groups excluding carboxylic acids is 1. The Morgan fingerprint density at radius 2 is 1.83 bits per heavy atom. The van der Waals surface area contributed by atoms with Crippen molar-refractivity contribution in [1.29, 1.82) is 0 Å². The van der Waals surface area contributed by atoms with Crippen LogP contribution in [0, 0.1) is 0 Å². The summed E-state index contributed by atoms with van der Waals surface area (Å²) in [6, 6.07) is 0. The molecule has 0 radical (unpaired) electrons. The molecule has 0 heterocycles. The molecule has 0 unspecified atom stereocenters. The number of esters is 1. The molecule has 0 aliphatic rings. The Balaban J connectivity index is 3.28. The topological polar surface area (TPSA) is 35.5 Å². The highest BCUT2D eigenvalue weighted by Gasteiger charge is 2.13. The minimum absolute atomic E-state index is 0.158. The van der Waals surface area contributed by atoms with Gasteiger partial charge in [-0.3, -0.25) is 4.79 Å². The van der Waals surface area contributed by atoms with Gasteiger partial charge in [-0.05, 0) is 19.6 Å². The molecule has 0 fully saturated rings. The number of ether oxygens (including phenoxy) is 1. The summed E-state index contributed by atoms with van der Waals surface area (Å²) >= 11 is 0. The van der Waals surface area contributed by atoms with Crippen molar-refractivity contribution in [2.45, 2.75) is 33.0 Å². The number of rotatable bonds is 5. The van der Waals surface area contributed by atoms with E-state index in [9.17, 15) is 4.79 Å². The van der Waals surface area contributed by atoms with Crippen LogP contribution in [0.15, 0.2) is 0 Å². The maximum absolute atomic E-state index is 10.7. The van der Waals surface area contributed by atoms with E-state index in [0.29, 0.717) is 19.6 Å². The van der Waals surface area contributed by atoms with Gasteiger partial charge in [0.1, 0.15) is 6.61 Å². The molecule has 0 spiro atoms. The summed E-state index contributed by atoms with van der Waals surface area (Å²) in [5, 5.41) is 0. The first-order valence-electron chi connectivity index (χ1n) is 4.25. The third-order valence-corrected chi connectivity index (χ3v) is 2.24. The second-order valence-corrected chi connectivity index (χ2v) is 8.05. The zero-order valence-electron chi connectivity index (χ0n) is 8.35. The van der Waals surface area contributed by atoms with E-state index in [1.54, 1.807) is 6.92 Å². The molecule has 12 heavy (non-hydrogen) atoms. The van der Waals surface area contributed by atoms with Crippen molar-refractivity contribution >= 4 is 14.3 Å². The zero-order valence-corrected chi connectivity index (χ0v) is 9.35. The molecule has 0 saturated heterocycles. The van der Waals surface area contributed by atoms with Gasteiger partial charge < -0.3 is 9.16 Å².